The first-order valence-electron chi connectivity index (χ1n) is 11.5. The molecule has 1 unspecified atom stereocenters. The summed E-state index contributed by atoms with van der Waals surface area (Å²) in [5.74, 6) is 0.345. The van der Waals surface area contributed by atoms with Gasteiger partial charge in [-0.1, -0.05) is 57.4 Å². The van der Waals surface area contributed by atoms with Crippen LogP contribution >= 0.6 is 0 Å². The zero-order chi connectivity index (χ0) is 20.6. The topological polar surface area (TPSA) is 52.7 Å². The highest BCUT2D eigenvalue weighted by Gasteiger charge is 2.37. The molecule has 1 saturated carbocycles. The highest BCUT2D eigenvalue weighted by Crippen LogP contribution is 2.28. The van der Waals surface area contributed by atoms with Gasteiger partial charge in [-0.25, -0.2) is 0 Å². The molecule has 1 aromatic carbocycles. The molecule has 1 aromatic rings. The van der Waals surface area contributed by atoms with Gasteiger partial charge in [-0.15, -0.1) is 0 Å². The van der Waals surface area contributed by atoms with Crippen LogP contribution in [0.15, 0.2) is 24.3 Å². The number of hydrogen-bond acceptors (Lipinski definition) is 3. The third kappa shape index (κ3) is 5.81. The lowest BCUT2D eigenvalue weighted by Gasteiger charge is -2.30. The molecule has 1 saturated heterocycles. The van der Waals surface area contributed by atoms with Crippen molar-refractivity contribution in [2.75, 3.05) is 19.6 Å². The van der Waals surface area contributed by atoms with E-state index in [0.717, 1.165) is 70.3 Å². The maximum atomic E-state index is 12.9. The lowest BCUT2D eigenvalue weighted by atomic mass is 9.88. The molecule has 0 radical (unpaired) electrons. The smallest absolute Gasteiger partial charge is 0.243 e. The second kappa shape index (κ2) is 10.8. The van der Waals surface area contributed by atoms with Crippen molar-refractivity contribution in [1.82, 2.24) is 15.1 Å². The molecule has 1 aliphatic heterocycles. The van der Waals surface area contributed by atoms with E-state index in [-0.39, 0.29) is 23.8 Å². The van der Waals surface area contributed by atoms with Crippen LogP contribution in [-0.4, -0.2) is 47.3 Å². The minimum atomic E-state index is -0.286. The van der Waals surface area contributed by atoms with Gasteiger partial charge in [-0.3, -0.25) is 14.5 Å². The van der Waals surface area contributed by atoms with Crippen molar-refractivity contribution >= 4 is 11.8 Å². The second-order valence-electron chi connectivity index (χ2n) is 8.52. The molecule has 1 atom stereocenters. The summed E-state index contributed by atoms with van der Waals surface area (Å²) in [4.78, 5) is 29.9. The Morgan fingerprint density at radius 2 is 1.62 bits per heavy atom. The Balaban J connectivity index is 1.51. The summed E-state index contributed by atoms with van der Waals surface area (Å²) in [5.41, 5.74) is 2.40. The van der Waals surface area contributed by atoms with Gasteiger partial charge in [0.05, 0.1) is 0 Å². The van der Waals surface area contributed by atoms with Crippen LogP contribution in [-0.2, 0) is 22.7 Å². The maximum Gasteiger partial charge on any atom is 0.243 e. The van der Waals surface area contributed by atoms with E-state index in [0.29, 0.717) is 6.54 Å². The van der Waals surface area contributed by atoms with Crippen LogP contribution < -0.4 is 5.32 Å². The van der Waals surface area contributed by atoms with Crippen LogP contribution in [0.2, 0.25) is 0 Å². The second-order valence-corrected chi connectivity index (χ2v) is 8.52. The summed E-state index contributed by atoms with van der Waals surface area (Å²) >= 11 is 0. The van der Waals surface area contributed by atoms with Crippen molar-refractivity contribution in [3.8, 4) is 0 Å². The Bertz CT molecular complexity index is 663. The van der Waals surface area contributed by atoms with Gasteiger partial charge in [-0.05, 0) is 49.9 Å². The predicted molar refractivity (Wildman–Crippen MR) is 116 cm³/mol. The summed E-state index contributed by atoms with van der Waals surface area (Å²) in [6.45, 7) is 8.66. The first-order valence-corrected chi connectivity index (χ1v) is 11.5. The van der Waals surface area contributed by atoms with Crippen LogP contribution in [0.4, 0.5) is 0 Å². The lowest BCUT2D eigenvalue weighted by Crippen LogP contribution is -2.47. The van der Waals surface area contributed by atoms with E-state index in [9.17, 15) is 9.59 Å². The molecule has 5 nitrogen and oxygen atoms in total. The van der Waals surface area contributed by atoms with E-state index in [1.54, 1.807) is 0 Å². The van der Waals surface area contributed by atoms with Crippen LogP contribution in [0, 0.1) is 5.92 Å². The third-order valence-corrected chi connectivity index (χ3v) is 6.58. The van der Waals surface area contributed by atoms with Crippen LogP contribution in [0.5, 0.6) is 0 Å². The predicted octanol–water partition coefficient (Wildman–Crippen LogP) is 3.72. The summed E-state index contributed by atoms with van der Waals surface area (Å²) in [6.07, 6.45) is 7.22. The quantitative estimate of drug-likeness (QED) is 0.725. The van der Waals surface area contributed by atoms with Gasteiger partial charge in [-0.2, -0.15) is 0 Å². The molecule has 0 aromatic heterocycles. The summed E-state index contributed by atoms with van der Waals surface area (Å²) in [5, 5.41) is 3.07. The van der Waals surface area contributed by atoms with Crippen LogP contribution in [0.1, 0.15) is 69.9 Å². The van der Waals surface area contributed by atoms with Crippen molar-refractivity contribution in [3.63, 3.8) is 0 Å². The van der Waals surface area contributed by atoms with Crippen molar-refractivity contribution in [3.05, 3.63) is 35.4 Å². The van der Waals surface area contributed by atoms with Crippen molar-refractivity contribution in [2.24, 2.45) is 5.92 Å². The normalized spacial score (nSPS) is 20.2. The van der Waals surface area contributed by atoms with E-state index >= 15 is 0 Å². The molecule has 0 spiro atoms. The van der Waals surface area contributed by atoms with E-state index in [1.807, 2.05) is 4.90 Å². The largest absolute Gasteiger partial charge is 0.350 e. The molecule has 160 valence electrons. The SMILES string of the molecule is CCN(CC)Cc1ccc(CNC(=O)C2CCCN2C(=O)C2CCCCC2)cc1. The fraction of sp³-hybridized carbons (Fsp3) is 0.667. The summed E-state index contributed by atoms with van der Waals surface area (Å²) < 4.78 is 0. The average molecular weight is 400 g/mol. The van der Waals surface area contributed by atoms with Crippen molar-refractivity contribution in [2.45, 2.75) is 77.9 Å². The van der Waals surface area contributed by atoms with Gasteiger partial charge in [0.15, 0.2) is 0 Å². The van der Waals surface area contributed by atoms with Gasteiger partial charge in [0, 0.05) is 25.6 Å². The molecule has 1 N–H and O–H groups in total. The van der Waals surface area contributed by atoms with E-state index < -0.39 is 0 Å². The number of benzene rings is 1. The zero-order valence-corrected chi connectivity index (χ0v) is 18.2. The Kier molecular flexibility index (Phi) is 8.10. The van der Waals surface area contributed by atoms with E-state index in [4.69, 9.17) is 0 Å². The van der Waals surface area contributed by atoms with E-state index in [2.05, 4.69) is 48.3 Å². The molecule has 2 amide bonds. The average Bonchev–Trinajstić information content (AvgIpc) is 3.26. The Morgan fingerprint density at radius 3 is 2.28 bits per heavy atom. The lowest BCUT2D eigenvalue weighted by molar-refractivity contribution is -0.142. The van der Waals surface area contributed by atoms with Gasteiger partial charge >= 0.3 is 0 Å². The summed E-state index contributed by atoms with van der Waals surface area (Å²) in [6, 6.07) is 8.20. The van der Waals surface area contributed by atoms with Gasteiger partial charge in [0.1, 0.15) is 6.04 Å². The maximum absolute atomic E-state index is 12.9. The van der Waals surface area contributed by atoms with E-state index in [1.165, 1.54) is 12.0 Å². The fourth-order valence-corrected chi connectivity index (χ4v) is 4.66. The van der Waals surface area contributed by atoms with Gasteiger partial charge in [0.25, 0.3) is 0 Å². The Labute approximate surface area is 175 Å². The van der Waals surface area contributed by atoms with Gasteiger partial charge in [0.2, 0.25) is 11.8 Å². The van der Waals surface area contributed by atoms with Crippen LogP contribution in [0.3, 0.4) is 0 Å². The Hall–Kier alpha value is -1.88. The highest BCUT2D eigenvalue weighted by atomic mass is 16.2. The number of amides is 2. The number of likely N-dealkylation sites (tertiary alicyclic amines) is 1. The van der Waals surface area contributed by atoms with Crippen molar-refractivity contribution < 1.29 is 9.59 Å². The van der Waals surface area contributed by atoms with Crippen molar-refractivity contribution in [1.29, 1.82) is 0 Å². The number of carbonyl (C=O) groups excluding carboxylic acids is 2. The number of nitrogens with one attached hydrogen (secondary N) is 1. The zero-order valence-electron chi connectivity index (χ0n) is 18.2. The Morgan fingerprint density at radius 1 is 0.966 bits per heavy atom. The fourth-order valence-electron chi connectivity index (χ4n) is 4.66. The molecular formula is C24H37N3O2. The van der Waals surface area contributed by atoms with Gasteiger partial charge < -0.3 is 10.2 Å². The molecule has 2 aliphatic rings. The number of carbonyl (C=O) groups is 2. The molecular weight excluding hydrogens is 362 g/mol. The first kappa shape index (κ1) is 21.8. The minimum absolute atomic E-state index is 0.00104. The highest BCUT2D eigenvalue weighted by molar-refractivity contribution is 5.89. The molecule has 2 fully saturated rings. The molecule has 1 heterocycles. The van der Waals surface area contributed by atoms with Crippen LogP contribution in [0.25, 0.3) is 0 Å². The first-order chi connectivity index (χ1) is 14.1. The molecule has 29 heavy (non-hydrogen) atoms. The molecule has 3 rings (SSSR count). The summed E-state index contributed by atoms with van der Waals surface area (Å²) in [7, 11) is 0. The number of nitrogens with zero attached hydrogens (tertiary/aromatic N) is 2. The minimum Gasteiger partial charge on any atom is -0.350 e. The standard InChI is InChI=1S/C24H37N3O2/c1-3-26(4-2)18-20-14-12-19(13-15-20)17-25-23(28)22-11-8-16-27(22)24(29)21-9-6-5-7-10-21/h12-15,21-22H,3-11,16-18H2,1-2H3,(H,25,28). The number of hydrogen-bond donors (Lipinski definition) is 1. The monoisotopic (exact) mass is 399 g/mol. The molecule has 1 aliphatic carbocycles. The molecule has 0 bridgehead atoms. The molecule has 5 heteroatoms. The third-order valence-electron chi connectivity index (χ3n) is 6.58. The number of rotatable bonds is 8.